The van der Waals surface area contributed by atoms with Crippen molar-refractivity contribution in [1.29, 1.82) is 0 Å². The van der Waals surface area contributed by atoms with Crippen LogP contribution in [0.5, 0.6) is 0 Å². The van der Waals surface area contributed by atoms with E-state index in [1.165, 1.54) is 6.07 Å². The van der Waals surface area contributed by atoms with Gasteiger partial charge in [0.25, 0.3) is 0 Å². The van der Waals surface area contributed by atoms with Gasteiger partial charge in [0.15, 0.2) is 0 Å². The van der Waals surface area contributed by atoms with Gasteiger partial charge in [-0.2, -0.15) is 0 Å². The molecule has 25 heavy (non-hydrogen) atoms. The van der Waals surface area contributed by atoms with Crippen LogP contribution in [0.4, 0.5) is 4.39 Å². The fourth-order valence-corrected chi connectivity index (χ4v) is 3.46. The highest BCUT2D eigenvalue weighted by Crippen LogP contribution is 2.34. The number of benzene rings is 1. The van der Waals surface area contributed by atoms with Gasteiger partial charge in [0, 0.05) is 6.04 Å². The molecule has 1 aromatic carbocycles. The lowest BCUT2D eigenvalue weighted by atomic mass is 9.83. The van der Waals surface area contributed by atoms with Crippen molar-refractivity contribution in [1.82, 2.24) is 5.32 Å². The highest BCUT2D eigenvalue weighted by atomic mass is 35.5. The number of amides is 1. The van der Waals surface area contributed by atoms with E-state index in [1.807, 2.05) is 18.2 Å². The number of aliphatic hydroxyl groups is 1. The molecular formula is C19H24ClFN2O2. The first kappa shape index (κ1) is 19.6. The van der Waals surface area contributed by atoms with E-state index in [4.69, 9.17) is 5.73 Å². The summed E-state index contributed by atoms with van der Waals surface area (Å²) in [5.41, 5.74) is 5.23. The summed E-state index contributed by atoms with van der Waals surface area (Å²) in [5, 5.41) is 14.1. The maximum absolute atomic E-state index is 13.7. The third-order valence-corrected chi connectivity index (χ3v) is 5.20. The Balaban J connectivity index is 0.00000225. The van der Waals surface area contributed by atoms with Crippen molar-refractivity contribution >= 4 is 18.3 Å². The van der Waals surface area contributed by atoms with Crippen molar-refractivity contribution in [2.24, 2.45) is 5.73 Å². The minimum absolute atomic E-state index is 0. The van der Waals surface area contributed by atoms with Gasteiger partial charge in [-0.25, -0.2) is 4.39 Å². The van der Waals surface area contributed by atoms with Gasteiger partial charge in [0.1, 0.15) is 11.4 Å². The van der Waals surface area contributed by atoms with Crippen LogP contribution in [0, 0.1) is 5.82 Å². The van der Waals surface area contributed by atoms with E-state index in [0.717, 1.165) is 5.57 Å². The second kappa shape index (κ2) is 7.28. The minimum Gasteiger partial charge on any atom is -0.384 e. The molecule has 1 amide bonds. The first-order chi connectivity index (χ1) is 11.3. The summed E-state index contributed by atoms with van der Waals surface area (Å²) in [6.45, 7) is 1.77. The number of primary amides is 1. The van der Waals surface area contributed by atoms with E-state index in [0.29, 0.717) is 31.2 Å². The Labute approximate surface area is 153 Å². The number of halogens is 2. The predicted octanol–water partition coefficient (Wildman–Crippen LogP) is 2.40. The summed E-state index contributed by atoms with van der Waals surface area (Å²) in [7, 11) is 0. The molecule has 2 aliphatic rings. The first-order valence-electron chi connectivity index (χ1n) is 8.24. The molecule has 1 fully saturated rings. The zero-order valence-electron chi connectivity index (χ0n) is 14.2. The second-order valence-electron chi connectivity index (χ2n) is 7.01. The average molecular weight is 367 g/mol. The van der Waals surface area contributed by atoms with Crippen molar-refractivity contribution in [2.45, 2.75) is 49.8 Å². The molecule has 4 nitrogen and oxygen atoms in total. The molecule has 3 rings (SSSR count). The largest absolute Gasteiger partial charge is 0.384 e. The summed E-state index contributed by atoms with van der Waals surface area (Å²) in [6, 6.07) is 6.48. The first-order valence-corrected chi connectivity index (χ1v) is 8.24. The molecule has 1 aliphatic carbocycles. The zero-order valence-corrected chi connectivity index (χ0v) is 15.0. The van der Waals surface area contributed by atoms with Crippen molar-refractivity contribution < 1.29 is 14.3 Å². The lowest BCUT2D eigenvalue weighted by molar-refractivity contribution is -0.123. The SMILES string of the molecule is C[C@@]1(C(N)=O)CC[C@H]([C@]2(O)C=CC(Cc3ccccc3F)=CC2)N1.Cl. The van der Waals surface area contributed by atoms with E-state index in [-0.39, 0.29) is 24.3 Å². The standard InChI is InChI=1S/C19H23FN2O2.ClH/c1-18(17(21)23)9-8-16(22-18)19(24)10-6-13(7-11-19)12-14-4-2-3-5-15(14)20;/h2-7,10,16,22,24H,8-9,11-12H2,1H3,(H2,21,23);1H/t16-,18+,19+;/m1./s1. The Morgan fingerprint density at radius 2 is 2.16 bits per heavy atom. The van der Waals surface area contributed by atoms with Gasteiger partial charge in [0.2, 0.25) is 5.91 Å². The summed E-state index contributed by atoms with van der Waals surface area (Å²) >= 11 is 0. The third kappa shape index (κ3) is 3.94. The molecule has 1 aliphatic heterocycles. The quantitative estimate of drug-likeness (QED) is 0.766. The number of rotatable bonds is 4. The molecule has 136 valence electrons. The Hall–Kier alpha value is -1.69. The van der Waals surface area contributed by atoms with Crippen LogP contribution in [0.25, 0.3) is 0 Å². The average Bonchev–Trinajstić information content (AvgIpc) is 2.97. The Morgan fingerprint density at radius 3 is 2.72 bits per heavy atom. The molecule has 1 aromatic rings. The Kier molecular flexibility index (Phi) is 5.72. The van der Waals surface area contributed by atoms with Crippen LogP contribution in [0.3, 0.4) is 0 Å². The van der Waals surface area contributed by atoms with Crippen LogP contribution in [0.1, 0.15) is 31.7 Å². The normalized spacial score (nSPS) is 31.3. The third-order valence-electron chi connectivity index (χ3n) is 5.20. The van der Waals surface area contributed by atoms with E-state index >= 15 is 0 Å². The van der Waals surface area contributed by atoms with Gasteiger partial charge >= 0.3 is 0 Å². The van der Waals surface area contributed by atoms with Crippen LogP contribution < -0.4 is 11.1 Å². The number of nitrogens with one attached hydrogen (secondary N) is 1. The zero-order chi connectivity index (χ0) is 17.4. The van der Waals surface area contributed by atoms with Crippen LogP contribution in [0.15, 0.2) is 48.1 Å². The maximum Gasteiger partial charge on any atom is 0.237 e. The maximum atomic E-state index is 13.7. The highest BCUT2D eigenvalue weighted by Gasteiger charge is 2.46. The van der Waals surface area contributed by atoms with Gasteiger partial charge in [-0.15, -0.1) is 12.4 Å². The smallest absolute Gasteiger partial charge is 0.237 e. The number of nitrogens with two attached hydrogens (primary N) is 1. The Bertz CT molecular complexity index is 721. The van der Waals surface area contributed by atoms with Crippen LogP contribution in [-0.4, -0.2) is 28.2 Å². The summed E-state index contributed by atoms with van der Waals surface area (Å²) in [4.78, 5) is 11.6. The van der Waals surface area contributed by atoms with Crippen molar-refractivity contribution in [2.75, 3.05) is 0 Å². The van der Waals surface area contributed by atoms with Crippen molar-refractivity contribution in [3.05, 3.63) is 59.4 Å². The van der Waals surface area contributed by atoms with Crippen LogP contribution in [0.2, 0.25) is 0 Å². The number of allylic oxidation sites excluding steroid dienone is 2. The van der Waals surface area contributed by atoms with E-state index in [9.17, 15) is 14.3 Å². The summed E-state index contributed by atoms with van der Waals surface area (Å²) in [5.74, 6) is -0.619. The number of hydrogen-bond donors (Lipinski definition) is 3. The fraction of sp³-hybridized carbons (Fsp3) is 0.421. The van der Waals surface area contributed by atoms with Gasteiger partial charge in [-0.3, -0.25) is 10.1 Å². The van der Waals surface area contributed by atoms with E-state index in [1.54, 1.807) is 25.1 Å². The summed E-state index contributed by atoms with van der Waals surface area (Å²) in [6.07, 6.45) is 7.75. The summed E-state index contributed by atoms with van der Waals surface area (Å²) < 4.78 is 13.7. The number of carbonyl (C=O) groups is 1. The minimum atomic E-state index is -1.05. The molecule has 3 atom stereocenters. The van der Waals surface area contributed by atoms with Gasteiger partial charge in [-0.05, 0) is 49.8 Å². The highest BCUT2D eigenvalue weighted by molar-refractivity contribution is 5.85. The molecule has 0 saturated carbocycles. The second-order valence-corrected chi connectivity index (χ2v) is 7.01. The predicted molar refractivity (Wildman–Crippen MR) is 97.9 cm³/mol. The van der Waals surface area contributed by atoms with E-state index < -0.39 is 17.0 Å². The molecule has 0 aromatic heterocycles. The molecule has 0 radical (unpaired) electrons. The van der Waals surface area contributed by atoms with Gasteiger partial charge < -0.3 is 10.8 Å². The topological polar surface area (TPSA) is 75.4 Å². The molecular weight excluding hydrogens is 343 g/mol. The molecule has 0 bridgehead atoms. The molecule has 1 saturated heterocycles. The lowest BCUT2D eigenvalue weighted by Crippen LogP contribution is -2.56. The van der Waals surface area contributed by atoms with Crippen LogP contribution in [-0.2, 0) is 11.2 Å². The molecule has 1 heterocycles. The molecule has 0 spiro atoms. The monoisotopic (exact) mass is 366 g/mol. The molecule has 0 unspecified atom stereocenters. The van der Waals surface area contributed by atoms with Gasteiger partial charge in [-0.1, -0.05) is 36.4 Å². The molecule has 4 N–H and O–H groups in total. The van der Waals surface area contributed by atoms with Crippen LogP contribution >= 0.6 is 12.4 Å². The number of hydrogen-bond acceptors (Lipinski definition) is 3. The Morgan fingerprint density at radius 1 is 1.44 bits per heavy atom. The fourth-order valence-electron chi connectivity index (χ4n) is 3.46. The number of carbonyl (C=O) groups excluding carboxylic acids is 1. The van der Waals surface area contributed by atoms with E-state index in [2.05, 4.69) is 5.32 Å². The van der Waals surface area contributed by atoms with Gasteiger partial charge in [0.05, 0.1) is 5.54 Å². The van der Waals surface area contributed by atoms with Crippen molar-refractivity contribution in [3.8, 4) is 0 Å². The van der Waals surface area contributed by atoms with Crippen molar-refractivity contribution in [3.63, 3.8) is 0 Å². The molecule has 6 heteroatoms. The lowest BCUT2D eigenvalue weighted by Gasteiger charge is -2.34.